The number of imidazole rings is 1. The third-order valence-electron chi connectivity index (χ3n) is 3.91. The maximum Gasteiger partial charge on any atom is 0.240 e. The number of halogens is 1. The maximum absolute atomic E-state index is 6.05. The summed E-state index contributed by atoms with van der Waals surface area (Å²) in [5.74, 6) is 1.17. The smallest absolute Gasteiger partial charge is 0.240 e. The number of thioether (sulfide) groups is 1. The van der Waals surface area contributed by atoms with Gasteiger partial charge in [0.2, 0.25) is 11.7 Å². The van der Waals surface area contributed by atoms with E-state index in [0.717, 1.165) is 21.8 Å². The molecule has 2 aromatic carbocycles. The molecular weight excluding hydrogens is 356 g/mol. The Labute approximate surface area is 154 Å². The van der Waals surface area contributed by atoms with E-state index in [-0.39, 0.29) is 5.25 Å². The lowest BCUT2D eigenvalue weighted by Gasteiger charge is -2.06. The van der Waals surface area contributed by atoms with Gasteiger partial charge < -0.3 is 9.09 Å². The molecule has 1 atom stereocenters. The number of hydrogen-bond donors (Lipinski definition) is 0. The van der Waals surface area contributed by atoms with Crippen molar-refractivity contribution in [1.82, 2.24) is 19.7 Å². The molecule has 5 nitrogen and oxygen atoms in total. The summed E-state index contributed by atoms with van der Waals surface area (Å²) < 4.78 is 7.49. The SMILES string of the molecule is CC(Sc1nc2cc(Cl)ccc2n1C)c1nc(-c2ccccc2)no1. The summed E-state index contributed by atoms with van der Waals surface area (Å²) >= 11 is 7.63. The molecular formula is C18H15ClN4OS. The number of nitrogens with zero attached hydrogens (tertiary/aromatic N) is 4. The second-order valence-corrected chi connectivity index (χ2v) is 7.41. The fourth-order valence-electron chi connectivity index (χ4n) is 2.57. The van der Waals surface area contributed by atoms with Gasteiger partial charge in [-0.2, -0.15) is 4.98 Å². The van der Waals surface area contributed by atoms with Crippen LogP contribution >= 0.6 is 23.4 Å². The van der Waals surface area contributed by atoms with Crippen molar-refractivity contribution in [2.45, 2.75) is 17.3 Å². The molecule has 4 aromatic rings. The van der Waals surface area contributed by atoms with E-state index in [0.29, 0.717) is 16.7 Å². The summed E-state index contributed by atoms with van der Waals surface area (Å²) in [5, 5.41) is 5.62. The third-order valence-corrected chi connectivity index (χ3v) is 5.27. The van der Waals surface area contributed by atoms with Crippen LogP contribution in [0.5, 0.6) is 0 Å². The Morgan fingerprint density at radius 3 is 2.72 bits per heavy atom. The van der Waals surface area contributed by atoms with Gasteiger partial charge in [0.05, 0.1) is 16.3 Å². The van der Waals surface area contributed by atoms with Gasteiger partial charge in [0, 0.05) is 17.6 Å². The fraction of sp³-hybridized carbons (Fsp3) is 0.167. The van der Waals surface area contributed by atoms with E-state index < -0.39 is 0 Å². The van der Waals surface area contributed by atoms with Gasteiger partial charge in [-0.15, -0.1) is 0 Å². The van der Waals surface area contributed by atoms with Crippen molar-refractivity contribution < 1.29 is 4.52 Å². The largest absolute Gasteiger partial charge is 0.338 e. The number of aromatic nitrogens is 4. The lowest BCUT2D eigenvalue weighted by Crippen LogP contribution is -1.95. The first-order valence-electron chi connectivity index (χ1n) is 7.79. The number of aryl methyl sites for hydroxylation is 1. The predicted octanol–water partition coefficient (Wildman–Crippen LogP) is 5.13. The lowest BCUT2D eigenvalue weighted by atomic mass is 10.2. The highest BCUT2D eigenvalue weighted by atomic mass is 35.5. The van der Waals surface area contributed by atoms with E-state index in [1.54, 1.807) is 11.8 Å². The summed E-state index contributed by atoms with van der Waals surface area (Å²) in [7, 11) is 1.99. The average molecular weight is 371 g/mol. The first-order chi connectivity index (χ1) is 12.1. The van der Waals surface area contributed by atoms with Crippen molar-refractivity contribution in [3.05, 3.63) is 59.4 Å². The van der Waals surface area contributed by atoms with Crippen molar-refractivity contribution in [3.8, 4) is 11.4 Å². The molecule has 2 heterocycles. The van der Waals surface area contributed by atoms with Crippen LogP contribution in [0.4, 0.5) is 0 Å². The second kappa shape index (κ2) is 6.54. The number of hydrogen-bond acceptors (Lipinski definition) is 5. The molecule has 0 N–H and O–H groups in total. The van der Waals surface area contributed by atoms with E-state index >= 15 is 0 Å². The standard InChI is InChI=1S/C18H15ClN4OS/c1-11(17-21-16(22-24-17)12-6-4-3-5-7-12)25-18-20-14-10-13(19)8-9-15(14)23(18)2/h3-11H,1-2H3. The molecule has 126 valence electrons. The highest BCUT2D eigenvalue weighted by Gasteiger charge is 2.19. The Kier molecular flexibility index (Phi) is 4.23. The van der Waals surface area contributed by atoms with Gasteiger partial charge in [-0.1, -0.05) is 58.9 Å². The van der Waals surface area contributed by atoms with Crippen LogP contribution in [0.25, 0.3) is 22.4 Å². The molecule has 2 aromatic heterocycles. The molecule has 25 heavy (non-hydrogen) atoms. The van der Waals surface area contributed by atoms with Gasteiger partial charge in [-0.25, -0.2) is 4.98 Å². The summed E-state index contributed by atoms with van der Waals surface area (Å²) in [4.78, 5) is 9.17. The minimum atomic E-state index is -0.0176. The van der Waals surface area contributed by atoms with E-state index in [2.05, 4.69) is 15.1 Å². The Morgan fingerprint density at radius 1 is 1.12 bits per heavy atom. The molecule has 0 spiro atoms. The molecule has 0 aliphatic rings. The van der Waals surface area contributed by atoms with Crippen LogP contribution in [0, 0.1) is 0 Å². The number of fused-ring (bicyclic) bond motifs is 1. The summed E-state index contributed by atoms with van der Waals surface area (Å²) in [6.45, 7) is 2.03. The van der Waals surface area contributed by atoms with Crippen molar-refractivity contribution >= 4 is 34.4 Å². The topological polar surface area (TPSA) is 56.7 Å². The van der Waals surface area contributed by atoms with Gasteiger partial charge in [0.1, 0.15) is 0 Å². The molecule has 0 aliphatic heterocycles. The minimum absolute atomic E-state index is 0.0176. The minimum Gasteiger partial charge on any atom is -0.338 e. The van der Waals surface area contributed by atoms with Crippen molar-refractivity contribution in [3.63, 3.8) is 0 Å². The zero-order chi connectivity index (χ0) is 17.4. The van der Waals surface area contributed by atoms with E-state index in [9.17, 15) is 0 Å². The Balaban J connectivity index is 1.59. The normalized spacial score (nSPS) is 12.6. The zero-order valence-electron chi connectivity index (χ0n) is 13.7. The highest BCUT2D eigenvalue weighted by Crippen LogP contribution is 2.35. The van der Waals surface area contributed by atoms with Crippen molar-refractivity contribution in [2.24, 2.45) is 7.05 Å². The van der Waals surface area contributed by atoms with Gasteiger partial charge >= 0.3 is 0 Å². The molecule has 0 saturated carbocycles. The fourth-order valence-corrected chi connectivity index (χ4v) is 3.66. The highest BCUT2D eigenvalue weighted by molar-refractivity contribution is 7.99. The van der Waals surface area contributed by atoms with E-state index in [1.165, 1.54) is 0 Å². The summed E-state index contributed by atoms with van der Waals surface area (Å²) in [6, 6.07) is 15.5. The van der Waals surface area contributed by atoms with Crippen LogP contribution < -0.4 is 0 Å². The first-order valence-corrected chi connectivity index (χ1v) is 9.05. The molecule has 0 saturated heterocycles. The molecule has 4 rings (SSSR count). The third kappa shape index (κ3) is 3.15. The van der Waals surface area contributed by atoms with Crippen LogP contribution in [-0.4, -0.2) is 19.7 Å². The van der Waals surface area contributed by atoms with Crippen LogP contribution in [0.3, 0.4) is 0 Å². The van der Waals surface area contributed by atoms with Crippen LogP contribution in [0.1, 0.15) is 18.1 Å². The molecule has 0 fully saturated rings. The van der Waals surface area contributed by atoms with Gasteiger partial charge in [-0.3, -0.25) is 0 Å². The Hall–Kier alpha value is -2.31. The quantitative estimate of drug-likeness (QED) is 0.466. The summed E-state index contributed by atoms with van der Waals surface area (Å²) in [5.41, 5.74) is 2.85. The molecule has 1 unspecified atom stereocenters. The number of rotatable bonds is 4. The van der Waals surface area contributed by atoms with Crippen LogP contribution in [-0.2, 0) is 7.05 Å². The van der Waals surface area contributed by atoms with Gasteiger partial charge in [-0.05, 0) is 25.1 Å². The molecule has 0 bridgehead atoms. The monoisotopic (exact) mass is 370 g/mol. The van der Waals surface area contributed by atoms with E-state index in [4.69, 9.17) is 16.1 Å². The van der Waals surface area contributed by atoms with Gasteiger partial charge in [0.25, 0.3) is 0 Å². The lowest BCUT2D eigenvalue weighted by molar-refractivity contribution is 0.380. The second-order valence-electron chi connectivity index (χ2n) is 5.67. The van der Waals surface area contributed by atoms with E-state index in [1.807, 2.05) is 67.1 Å². The first kappa shape index (κ1) is 16.2. The molecule has 0 radical (unpaired) electrons. The molecule has 7 heteroatoms. The Morgan fingerprint density at radius 2 is 1.92 bits per heavy atom. The zero-order valence-corrected chi connectivity index (χ0v) is 15.3. The van der Waals surface area contributed by atoms with Crippen LogP contribution in [0.2, 0.25) is 5.02 Å². The average Bonchev–Trinajstić information content (AvgIpc) is 3.22. The molecule has 0 aliphatic carbocycles. The van der Waals surface area contributed by atoms with Crippen LogP contribution in [0.15, 0.2) is 58.2 Å². The molecule has 0 amide bonds. The van der Waals surface area contributed by atoms with Crippen molar-refractivity contribution in [2.75, 3.05) is 0 Å². The predicted molar refractivity (Wildman–Crippen MR) is 99.7 cm³/mol. The Bertz CT molecular complexity index is 1030. The summed E-state index contributed by atoms with van der Waals surface area (Å²) in [6.07, 6.45) is 0. The maximum atomic E-state index is 6.05. The number of benzene rings is 2. The van der Waals surface area contributed by atoms with Crippen molar-refractivity contribution in [1.29, 1.82) is 0 Å². The van der Waals surface area contributed by atoms with Gasteiger partial charge in [0.15, 0.2) is 5.16 Å².